The highest BCUT2D eigenvalue weighted by Crippen LogP contribution is 2.05. The van der Waals surface area contributed by atoms with Crippen molar-refractivity contribution >= 4 is 5.91 Å². The van der Waals surface area contributed by atoms with Crippen molar-refractivity contribution in [1.82, 2.24) is 15.5 Å². The van der Waals surface area contributed by atoms with Gasteiger partial charge >= 0.3 is 0 Å². The number of amides is 1. The van der Waals surface area contributed by atoms with E-state index in [4.69, 9.17) is 5.11 Å². The summed E-state index contributed by atoms with van der Waals surface area (Å²) in [5, 5.41) is 15.2. The van der Waals surface area contributed by atoms with E-state index >= 15 is 0 Å². The van der Waals surface area contributed by atoms with Crippen LogP contribution in [0.15, 0.2) is 0 Å². The van der Waals surface area contributed by atoms with Crippen molar-refractivity contribution < 1.29 is 9.90 Å². The number of carbonyl (C=O) groups is 1. The predicted octanol–water partition coefficient (Wildman–Crippen LogP) is -0.585. The monoisotopic (exact) mass is 243 g/mol. The summed E-state index contributed by atoms with van der Waals surface area (Å²) in [5.41, 5.74) is 0. The first-order valence-corrected chi connectivity index (χ1v) is 6.46. The average molecular weight is 243 g/mol. The Morgan fingerprint density at radius 3 is 2.59 bits per heavy atom. The second-order valence-electron chi connectivity index (χ2n) is 4.96. The van der Waals surface area contributed by atoms with E-state index < -0.39 is 0 Å². The summed E-state index contributed by atoms with van der Waals surface area (Å²) in [7, 11) is 0. The SMILES string of the molecule is CC(C)C(CCO)NC(=O)CN1CCNCC1. The molecule has 1 unspecified atom stereocenters. The van der Waals surface area contributed by atoms with Crippen LogP contribution in [0.2, 0.25) is 0 Å². The summed E-state index contributed by atoms with van der Waals surface area (Å²) in [4.78, 5) is 14.0. The molecule has 0 aromatic carbocycles. The zero-order chi connectivity index (χ0) is 12.7. The molecule has 1 aliphatic heterocycles. The number of rotatable bonds is 6. The maximum atomic E-state index is 11.8. The first kappa shape index (κ1) is 14.4. The number of nitrogens with one attached hydrogen (secondary N) is 2. The third kappa shape index (κ3) is 5.48. The molecule has 0 saturated carbocycles. The molecule has 100 valence electrons. The standard InChI is InChI=1S/C12H25N3O2/c1-10(2)11(3-8-16)14-12(17)9-15-6-4-13-5-7-15/h10-11,13,16H,3-9H2,1-2H3,(H,14,17). The molecule has 1 rings (SSSR count). The molecular formula is C12H25N3O2. The Bertz CT molecular complexity index is 228. The lowest BCUT2D eigenvalue weighted by molar-refractivity contribution is -0.123. The van der Waals surface area contributed by atoms with Gasteiger partial charge in [-0.25, -0.2) is 0 Å². The summed E-state index contributed by atoms with van der Waals surface area (Å²) in [6.07, 6.45) is 0.630. The number of nitrogens with zero attached hydrogens (tertiary/aromatic N) is 1. The van der Waals surface area contributed by atoms with Crippen LogP contribution in [0.25, 0.3) is 0 Å². The molecule has 0 spiro atoms. The van der Waals surface area contributed by atoms with Crippen LogP contribution in [0.4, 0.5) is 0 Å². The molecule has 1 saturated heterocycles. The Morgan fingerprint density at radius 1 is 1.41 bits per heavy atom. The van der Waals surface area contributed by atoms with Crippen LogP contribution in [-0.2, 0) is 4.79 Å². The zero-order valence-electron chi connectivity index (χ0n) is 10.9. The van der Waals surface area contributed by atoms with Gasteiger partial charge in [0.25, 0.3) is 0 Å². The molecule has 5 heteroatoms. The molecule has 1 heterocycles. The third-order valence-corrected chi connectivity index (χ3v) is 3.17. The van der Waals surface area contributed by atoms with E-state index in [1.54, 1.807) is 0 Å². The maximum absolute atomic E-state index is 11.8. The normalized spacial score (nSPS) is 19.3. The van der Waals surface area contributed by atoms with E-state index in [1.807, 2.05) is 0 Å². The number of aliphatic hydroxyl groups excluding tert-OH is 1. The number of piperazine rings is 1. The molecule has 3 N–H and O–H groups in total. The van der Waals surface area contributed by atoms with Gasteiger partial charge in [0.05, 0.1) is 6.54 Å². The molecule has 5 nitrogen and oxygen atoms in total. The Hall–Kier alpha value is -0.650. The van der Waals surface area contributed by atoms with Gasteiger partial charge in [-0.3, -0.25) is 9.69 Å². The Balaban J connectivity index is 2.30. The maximum Gasteiger partial charge on any atom is 0.234 e. The summed E-state index contributed by atoms with van der Waals surface area (Å²) < 4.78 is 0. The second kappa shape index (κ2) is 7.63. The molecular weight excluding hydrogens is 218 g/mol. The van der Waals surface area contributed by atoms with Crippen molar-refractivity contribution in [2.45, 2.75) is 26.3 Å². The fraction of sp³-hybridized carbons (Fsp3) is 0.917. The highest BCUT2D eigenvalue weighted by atomic mass is 16.3. The predicted molar refractivity (Wildman–Crippen MR) is 67.8 cm³/mol. The van der Waals surface area contributed by atoms with Crippen molar-refractivity contribution in [2.75, 3.05) is 39.3 Å². The molecule has 0 radical (unpaired) electrons. The number of carbonyl (C=O) groups excluding carboxylic acids is 1. The summed E-state index contributed by atoms with van der Waals surface area (Å²) in [6, 6.07) is 0.0791. The average Bonchev–Trinajstić information content (AvgIpc) is 2.29. The van der Waals surface area contributed by atoms with Gasteiger partial charge < -0.3 is 15.7 Å². The largest absolute Gasteiger partial charge is 0.396 e. The minimum Gasteiger partial charge on any atom is -0.396 e. The summed E-state index contributed by atoms with van der Waals surface area (Å²) >= 11 is 0. The molecule has 0 bridgehead atoms. The smallest absolute Gasteiger partial charge is 0.234 e. The van der Waals surface area contributed by atoms with Crippen LogP contribution < -0.4 is 10.6 Å². The van der Waals surface area contributed by atoms with Crippen molar-refractivity contribution in [2.24, 2.45) is 5.92 Å². The minimum atomic E-state index is 0.0686. The van der Waals surface area contributed by atoms with Gasteiger partial charge in [0.1, 0.15) is 0 Å². The van der Waals surface area contributed by atoms with Gasteiger partial charge in [-0.1, -0.05) is 13.8 Å². The van der Waals surface area contributed by atoms with Crippen LogP contribution in [0.3, 0.4) is 0 Å². The molecule has 17 heavy (non-hydrogen) atoms. The molecule has 1 atom stereocenters. The fourth-order valence-electron chi connectivity index (χ4n) is 2.04. The van der Waals surface area contributed by atoms with E-state index in [9.17, 15) is 4.79 Å². The molecule has 1 aliphatic rings. The first-order valence-electron chi connectivity index (χ1n) is 6.46. The van der Waals surface area contributed by atoms with Crippen molar-refractivity contribution in [3.63, 3.8) is 0 Å². The van der Waals surface area contributed by atoms with E-state index in [2.05, 4.69) is 29.4 Å². The van der Waals surface area contributed by atoms with Gasteiger partial charge in [-0.2, -0.15) is 0 Å². The lowest BCUT2D eigenvalue weighted by atomic mass is 10.0. The molecule has 0 aromatic rings. The van der Waals surface area contributed by atoms with Crippen molar-refractivity contribution in [3.8, 4) is 0 Å². The van der Waals surface area contributed by atoms with Crippen LogP contribution >= 0.6 is 0 Å². The summed E-state index contributed by atoms with van der Waals surface area (Å²) in [6.45, 7) is 8.48. The topological polar surface area (TPSA) is 64.6 Å². The zero-order valence-corrected chi connectivity index (χ0v) is 10.9. The minimum absolute atomic E-state index is 0.0686. The van der Waals surface area contributed by atoms with Crippen molar-refractivity contribution in [3.05, 3.63) is 0 Å². The van der Waals surface area contributed by atoms with E-state index in [0.29, 0.717) is 18.9 Å². The van der Waals surface area contributed by atoms with Crippen LogP contribution in [0.1, 0.15) is 20.3 Å². The molecule has 0 aromatic heterocycles. The number of aliphatic hydroxyl groups is 1. The second-order valence-corrected chi connectivity index (χ2v) is 4.96. The van der Waals surface area contributed by atoms with Gasteiger partial charge in [-0.15, -0.1) is 0 Å². The van der Waals surface area contributed by atoms with Crippen LogP contribution in [0, 0.1) is 5.92 Å². The highest BCUT2D eigenvalue weighted by molar-refractivity contribution is 5.78. The lowest BCUT2D eigenvalue weighted by Gasteiger charge is -2.28. The molecule has 0 aliphatic carbocycles. The molecule has 1 amide bonds. The number of hydrogen-bond acceptors (Lipinski definition) is 4. The molecule has 1 fully saturated rings. The van der Waals surface area contributed by atoms with Gasteiger partial charge in [-0.05, 0) is 12.3 Å². The highest BCUT2D eigenvalue weighted by Gasteiger charge is 2.18. The quantitative estimate of drug-likeness (QED) is 0.584. The third-order valence-electron chi connectivity index (χ3n) is 3.17. The van der Waals surface area contributed by atoms with E-state index in [0.717, 1.165) is 26.2 Å². The van der Waals surface area contributed by atoms with Crippen LogP contribution in [-0.4, -0.2) is 61.3 Å². The van der Waals surface area contributed by atoms with E-state index in [1.165, 1.54) is 0 Å². The Labute approximate surface area is 104 Å². The van der Waals surface area contributed by atoms with Gasteiger partial charge in [0.15, 0.2) is 0 Å². The Kier molecular flexibility index (Phi) is 6.47. The van der Waals surface area contributed by atoms with Crippen molar-refractivity contribution in [1.29, 1.82) is 0 Å². The van der Waals surface area contributed by atoms with E-state index in [-0.39, 0.29) is 18.6 Å². The van der Waals surface area contributed by atoms with Crippen LogP contribution in [0.5, 0.6) is 0 Å². The number of hydrogen-bond donors (Lipinski definition) is 3. The first-order chi connectivity index (χ1) is 8.13. The van der Waals surface area contributed by atoms with Gasteiger partial charge in [0, 0.05) is 38.8 Å². The summed E-state index contributed by atoms with van der Waals surface area (Å²) in [5.74, 6) is 0.424. The van der Waals surface area contributed by atoms with Gasteiger partial charge in [0.2, 0.25) is 5.91 Å². The Morgan fingerprint density at radius 2 is 2.06 bits per heavy atom. The fourth-order valence-corrected chi connectivity index (χ4v) is 2.04. The lowest BCUT2D eigenvalue weighted by Crippen LogP contribution is -2.49.